The van der Waals surface area contributed by atoms with Crippen molar-refractivity contribution < 1.29 is 4.39 Å². The molecule has 2 heterocycles. The first kappa shape index (κ1) is 14.7. The summed E-state index contributed by atoms with van der Waals surface area (Å²) in [7, 11) is 2.99. The van der Waals surface area contributed by atoms with Gasteiger partial charge in [0.15, 0.2) is 15.9 Å². The zero-order chi connectivity index (χ0) is 16.0. The fourth-order valence-electron chi connectivity index (χ4n) is 2.34. The maximum Gasteiger partial charge on any atom is 0.332 e. The SMILES string of the molecule is Cn1c(=O)c2c(nc(Br)n2Cc2ccc(F)cc2)n(C)c1=O. The lowest BCUT2D eigenvalue weighted by Gasteiger charge is -2.07. The second kappa shape index (κ2) is 5.20. The van der Waals surface area contributed by atoms with E-state index in [0.29, 0.717) is 22.4 Å². The predicted molar refractivity (Wildman–Crippen MR) is 83.4 cm³/mol. The third-order valence-corrected chi connectivity index (χ3v) is 4.16. The summed E-state index contributed by atoms with van der Waals surface area (Å²) in [4.78, 5) is 28.6. The number of rotatable bonds is 2. The van der Waals surface area contributed by atoms with Crippen LogP contribution in [0.25, 0.3) is 11.2 Å². The minimum Gasteiger partial charge on any atom is -0.308 e. The molecule has 0 aliphatic rings. The van der Waals surface area contributed by atoms with Crippen molar-refractivity contribution in [3.05, 3.63) is 61.2 Å². The Kier molecular flexibility index (Phi) is 3.48. The van der Waals surface area contributed by atoms with Crippen LogP contribution in [0.4, 0.5) is 4.39 Å². The summed E-state index contributed by atoms with van der Waals surface area (Å²) in [5.41, 5.74) is 0.593. The number of fused-ring (bicyclic) bond motifs is 1. The van der Waals surface area contributed by atoms with Gasteiger partial charge in [0, 0.05) is 14.1 Å². The van der Waals surface area contributed by atoms with Crippen LogP contribution in [-0.4, -0.2) is 18.7 Å². The fraction of sp³-hybridized carbons (Fsp3) is 0.214. The second-order valence-electron chi connectivity index (χ2n) is 4.97. The Morgan fingerprint density at radius 3 is 2.41 bits per heavy atom. The van der Waals surface area contributed by atoms with Crippen LogP contribution in [-0.2, 0) is 20.6 Å². The number of imidazole rings is 1. The Hall–Kier alpha value is -2.22. The van der Waals surface area contributed by atoms with Crippen molar-refractivity contribution >= 4 is 27.1 Å². The zero-order valence-corrected chi connectivity index (χ0v) is 13.5. The Bertz CT molecular complexity index is 985. The number of aryl methyl sites for hydroxylation is 1. The molecule has 0 bridgehead atoms. The van der Waals surface area contributed by atoms with Gasteiger partial charge in [-0.05, 0) is 33.6 Å². The van der Waals surface area contributed by atoms with Gasteiger partial charge in [0.2, 0.25) is 0 Å². The summed E-state index contributed by atoms with van der Waals surface area (Å²) in [5, 5.41) is 0. The Balaban J connectivity index is 2.26. The monoisotopic (exact) mass is 366 g/mol. The standard InChI is InChI=1S/C14H12BrFN4O2/c1-18-11-10(12(21)19(2)14(18)22)20(13(15)17-11)7-8-3-5-9(16)6-4-8/h3-6H,7H2,1-2H3. The lowest BCUT2D eigenvalue weighted by molar-refractivity contribution is 0.626. The van der Waals surface area contributed by atoms with E-state index in [4.69, 9.17) is 0 Å². The van der Waals surface area contributed by atoms with Gasteiger partial charge in [-0.2, -0.15) is 0 Å². The highest BCUT2D eigenvalue weighted by Crippen LogP contribution is 2.18. The Morgan fingerprint density at radius 1 is 1.14 bits per heavy atom. The molecule has 22 heavy (non-hydrogen) atoms. The number of nitrogens with zero attached hydrogens (tertiary/aromatic N) is 4. The summed E-state index contributed by atoms with van der Waals surface area (Å²) in [6, 6.07) is 5.99. The summed E-state index contributed by atoms with van der Waals surface area (Å²) in [6.45, 7) is 0.338. The summed E-state index contributed by atoms with van der Waals surface area (Å²) < 4.78 is 17.4. The molecule has 0 saturated carbocycles. The van der Waals surface area contributed by atoms with Crippen LogP contribution in [0.3, 0.4) is 0 Å². The molecule has 1 aromatic carbocycles. The predicted octanol–water partition coefficient (Wildman–Crippen LogP) is 1.38. The average Bonchev–Trinajstić information content (AvgIpc) is 2.82. The lowest BCUT2D eigenvalue weighted by Crippen LogP contribution is -2.37. The minimum absolute atomic E-state index is 0.307. The van der Waals surface area contributed by atoms with Gasteiger partial charge in [-0.25, -0.2) is 14.2 Å². The molecule has 0 saturated heterocycles. The van der Waals surface area contributed by atoms with Crippen LogP contribution in [0.1, 0.15) is 5.56 Å². The van der Waals surface area contributed by atoms with Crippen LogP contribution < -0.4 is 11.2 Å². The second-order valence-corrected chi connectivity index (χ2v) is 5.68. The van der Waals surface area contributed by atoms with E-state index < -0.39 is 11.2 Å². The summed E-state index contributed by atoms with van der Waals surface area (Å²) in [6.07, 6.45) is 0. The molecule has 0 fully saturated rings. The number of aromatic nitrogens is 4. The first-order valence-corrected chi connectivity index (χ1v) is 7.25. The van der Waals surface area contributed by atoms with Crippen molar-refractivity contribution in [3.63, 3.8) is 0 Å². The van der Waals surface area contributed by atoms with E-state index >= 15 is 0 Å². The lowest BCUT2D eigenvalue weighted by atomic mass is 10.2. The van der Waals surface area contributed by atoms with Gasteiger partial charge in [-0.15, -0.1) is 0 Å². The molecule has 0 N–H and O–H groups in total. The largest absolute Gasteiger partial charge is 0.332 e. The van der Waals surface area contributed by atoms with E-state index in [1.807, 2.05) is 0 Å². The van der Waals surface area contributed by atoms with Crippen LogP contribution in [0, 0.1) is 5.82 Å². The first-order chi connectivity index (χ1) is 10.4. The topological polar surface area (TPSA) is 61.8 Å². The van der Waals surface area contributed by atoms with Gasteiger partial charge in [0.05, 0.1) is 6.54 Å². The Morgan fingerprint density at radius 2 is 1.77 bits per heavy atom. The van der Waals surface area contributed by atoms with E-state index in [2.05, 4.69) is 20.9 Å². The van der Waals surface area contributed by atoms with Crippen LogP contribution in [0.2, 0.25) is 0 Å². The third-order valence-electron chi connectivity index (χ3n) is 3.56. The molecule has 0 unspecified atom stereocenters. The van der Waals surface area contributed by atoms with Crippen molar-refractivity contribution in [2.24, 2.45) is 14.1 Å². The molecule has 3 aromatic rings. The maximum atomic E-state index is 13.0. The molecule has 3 rings (SSSR count). The Labute approximate surface area is 132 Å². The third kappa shape index (κ3) is 2.19. The van der Waals surface area contributed by atoms with Gasteiger partial charge >= 0.3 is 5.69 Å². The van der Waals surface area contributed by atoms with E-state index in [-0.39, 0.29) is 5.82 Å². The van der Waals surface area contributed by atoms with Gasteiger partial charge in [0.1, 0.15) is 5.82 Å². The van der Waals surface area contributed by atoms with Crippen molar-refractivity contribution in [3.8, 4) is 0 Å². The van der Waals surface area contributed by atoms with Gasteiger partial charge < -0.3 is 4.57 Å². The summed E-state index contributed by atoms with van der Waals surface area (Å²) in [5.74, 6) is -0.323. The smallest absolute Gasteiger partial charge is 0.308 e. The number of hydrogen-bond acceptors (Lipinski definition) is 3. The quantitative estimate of drug-likeness (QED) is 0.643. The highest BCUT2D eigenvalue weighted by Gasteiger charge is 2.17. The summed E-state index contributed by atoms with van der Waals surface area (Å²) >= 11 is 3.31. The molecule has 0 aliphatic heterocycles. The van der Waals surface area contributed by atoms with E-state index in [9.17, 15) is 14.0 Å². The molecule has 0 aliphatic carbocycles. The molecule has 8 heteroatoms. The number of benzene rings is 1. The van der Waals surface area contributed by atoms with Crippen molar-refractivity contribution in [2.45, 2.75) is 6.54 Å². The van der Waals surface area contributed by atoms with E-state index in [1.54, 1.807) is 23.7 Å². The van der Waals surface area contributed by atoms with Gasteiger partial charge in [-0.1, -0.05) is 12.1 Å². The fourth-order valence-corrected chi connectivity index (χ4v) is 2.81. The molecule has 2 aromatic heterocycles. The van der Waals surface area contributed by atoms with Crippen molar-refractivity contribution in [2.75, 3.05) is 0 Å². The molecule has 114 valence electrons. The average molecular weight is 367 g/mol. The highest BCUT2D eigenvalue weighted by atomic mass is 79.9. The minimum atomic E-state index is -0.434. The molecule has 0 spiro atoms. The van der Waals surface area contributed by atoms with Crippen LogP contribution in [0.15, 0.2) is 38.6 Å². The molecule has 0 amide bonds. The normalized spacial score (nSPS) is 11.3. The zero-order valence-electron chi connectivity index (χ0n) is 11.9. The van der Waals surface area contributed by atoms with Crippen LogP contribution >= 0.6 is 15.9 Å². The molecule has 0 atom stereocenters. The number of hydrogen-bond donors (Lipinski definition) is 0. The molecule has 0 radical (unpaired) electrons. The molecular formula is C14H12BrFN4O2. The molecular weight excluding hydrogens is 355 g/mol. The number of halogens is 2. The van der Waals surface area contributed by atoms with Gasteiger partial charge in [0.25, 0.3) is 5.56 Å². The van der Waals surface area contributed by atoms with Crippen molar-refractivity contribution in [1.29, 1.82) is 0 Å². The van der Waals surface area contributed by atoms with Crippen LogP contribution in [0.5, 0.6) is 0 Å². The van der Waals surface area contributed by atoms with Crippen molar-refractivity contribution in [1.82, 2.24) is 18.7 Å². The highest BCUT2D eigenvalue weighted by molar-refractivity contribution is 9.10. The first-order valence-electron chi connectivity index (χ1n) is 6.46. The van der Waals surface area contributed by atoms with Gasteiger partial charge in [-0.3, -0.25) is 13.9 Å². The van der Waals surface area contributed by atoms with E-state index in [1.165, 1.54) is 23.7 Å². The van der Waals surface area contributed by atoms with E-state index in [0.717, 1.165) is 10.1 Å². The maximum absolute atomic E-state index is 13.0. The molecule has 6 nitrogen and oxygen atoms in total.